The number of halogens is 2. The van der Waals surface area contributed by atoms with Gasteiger partial charge >= 0.3 is 0 Å². The molecule has 0 saturated carbocycles. The molecular weight excluding hydrogens is 287 g/mol. The minimum absolute atomic E-state index is 0.727. The lowest BCUT2D eigenvalue weighted by molar-refractivity contribution is 0.822. The largest absolute Gasteiger partial charge is 0.0856 e. The summed E-state index contributed by atoms with van der Waals surface area (Å²) in [6.45, 7) is 6.42. The first kappa shape index (κ1) is 17.3. The van der Waals surface area contributed by atoms with E-state index < -0.39 is 0 Å². The van der Waals surface area contributed by atoms with E-state index >= 15 is 0 Å². The predicted molar refractivity (Wildman–Crippen MR) is 92.7 cm³/mol. The molecule has 0 bridgehead atoms. The van der Waals surface area contributed by atoms with Gasteiger partial charge in [0.15, 0.2) is 0 Å². The van der Waals surface area contributed by atoms with Crippen LogP contribution in [0.4, 0.5) is 0 Å². The topological polar surface area (TPSA) is 0 Å². The third-order valence-electron chi connectivity index (χ3n) is 3.23. The molecule has 0 saturated heterocycles. The van der Waals surface area contributed by atoms with Crippen LogP contribution >= 0.6 is 23.2 Å². The quantitative estimate of drug-likeness (QED) is 0.368. The lowest BCUT2D eigenvalue weighted by atomic mass is 10.1. The molecule has 0 aromatic heterocycles. The van der Waals surface area contributed by atoms with Gasteiger partial charge in [-0.3, -0.25) is 0 Å². The highest BCUT2D eigenvalue weighted by Crippen LogP contribution is 2.27. The third kappa shape index (κ3) is 6.15. The first-order chi connectivity index (χ1) is 9.54. The fraction of sp³-hybridized carbons (Fsp3) is 0.444. The second kappa shape index (κ2) is 9.26. The van der Waals surface area contributed by atoms with Crippen molar-refractivity contribution in [2.24, 2.45) is 0 Å². The molecule has 1 rings (SSSR count). The SMILES string of the molecule is CCCC=C(C)CCCC=Cc1c(Cl)cc(C)cc1Cl. The van der Waals surface area contributed by atoms with Crippen molar-refractivity contribution >= 4 is 29.3 Å². The Hall–Kier alpha value is -0.720. The minimum atomic E-state index is 0.727. The number of rotatable bonds is 7. The van der Waals surface area contributed by atoms with Crippen LogP contribution in [0, 0.1) is 6.92 Å². The highest BCUT2D eigenvalue weighted by molar-refractivity contribution is 6.37. The number of benzene rings is 1. The molecule has 0 nitrogen and oxygen atoms in total. The first-order valence-corrected chi connectivity index (χ1v) is 8.08. The molecule has 0 atom stereocenters. The van der Waals surface area contributed by atoms with Gasteiger partial charge in [-0.15, -0.1) is 0 Å². The number of allylic oxidation sites excluding steroid dienone is 3. The summed E-state index contributed by atoms with van der Waals surface area (Å²) in [4.78, 5) is 0. The van der Waals surface area contributed by atoms with Crippen LogP contribution in [-0.4, -0.2) is 0 Å². The van der Waals surface area contributed by atoms with Crippen molar-refractivity contribution in [1.29, 1.82) is 0 Å². The maximum absolute atomic E-state index is 6.21. The highest BCUT2D eigenvalue weighted by Gasteiger charge is 2.03. The Balaban J connectivity index is 2.46. The highest BCUT2D eigenvalue weighted by atomic mass is 35.5. The van der Waals surface area contributed by atoms with Crippen molar-refractivity contribution in [3.8, 4) is 0 Å². The summed E-state index contributed by atoms with van der Waals surface area (Å²) in [5.74, 6) is 0. The molecular formula is C18H24Cl2. The summed E-state index contributed by atoms with van der Waals surface area (Å²) in [6, 6.07) is 3.90. The fourth-order valence-corrected chi connectivity index (χ4v) is 2.79. The van der Waals surface area contributed by atoms with Crippen LogP contribution in [0.5, 0.6) is 0 Å². The molecule has 1 aromatic carbocycles. The second-order valence-corrected chi connectivity index (χ2v) is 6.09. The Bertz CT molecular complexity index is 461. The Morgan fingerprint density at radius 2 is 1.80 bits per heavy atom. The van der Waals surface area contributed by atoms with E-state index in [-0.39, 0.29) is 0 Å². The van der Waals surface area contributed by atoms with E-state index in [1.54, 1.807) is 0 Å². The predicted octanol–water partition coefficient (Wildman–Crippen LogP) is 7.23. The van der Waals surface area contributed by atoms with Crippen LogP contribution in [0.15, 0.2) is 29.9 Å². The average molecular weight is 311 g/mol. The van der Waals surface area contributed by atoms with Gasteiger partial charge in [-0.25, -0.2) is 0 Å². The van der Waals surface area contributed by atoms with E-state index in [0.29, 0.717) is 0 Å². The number of unbranched alkanes of at least 4 members (excludes halogenated alkanes) is 2. The van der Waals surface area contributed by atoms with Crippen molar-refractivity contribution in [2.75, 3.05) is 0 Å². The van der Waals surface area contributed by atoms with Gasteiger partial charge in [0.1, 0.15) is 0 Å². The van der Waals surface area contributed by atoms with Gasteiger partial charge < -0.3 is 0 Å². The van der Waals surface area contributed by atoms with Crippen LogP contribution in [0.3, 0.4) is 0 Å². The maximum Gasteiger partial charge on any atom is 0.0495 e. The standard InChI is InChI=1S/C18H24Cl2/c1-4-5-9-14(2)10-7-6-8-11-16-17(19)12-15(3)13-18(16)20/h8-9,11-13H,4-7,10H2,1-3H3. The molecule has 0 amide bonds. The van der Waals surface area contributed by atoms with Crippen LogP contribution in [0.1, 0.15) is 57.1 Å². The van der Waals surface area contributed by atoms with E-state index in [1.807, 2.05) is 25.1 Å². The van der Waals surface area contributed by atoms with E-state index in [0.717, 1.165) is 27.6 Å². The molecule has 0 spiro atoms. The summed E-state index contributed by atoms with van der Waals surface area (Å²) >= 11 is 12.4. The van der Waals surface area contributed by atoms with E-state index in [2.05, 4.69) is 26.0 Å². The third-order valence-corrected chi connectivity index (χ3v) is 3.86. The smallest absolute Gasteiger partial charge is 0.0495 e. The van der Waals surface area contributed by atoms with E-state index in [4.69, 9.17) is 23.2 Å². The molecule has 0 radical (unpaired) electrons. The van der Waals surface area contributed by atoms with Crippen LogP contribution in [0.25, 0.3) is 6.08 Å². The zero-order chi connectivity index (χ0) is 15.0. The Labute approximate surface area is 133 Å². The zero-order valence-corrected chi connectivity index (χ0v) is 14.2. The van der Waals surface area contributed by atoms with Gasteiger partial charge in [0.25, 0.3) is 0 Å². The molecule has 1 aromatic rings. The molecule has 0 fully saturated rings. The van der Waals surface area contributed by atoms with Crippen molar-refractivity contribution in [1.82, 2.24) is 0 Å². The molecule has 0 unspecified atom stereocenters. The molecule has 0 N–H and O–H groups in total. The Morgan fingerprint density at radius 1 is 1.15 bits per heavy atom. The molecule has 110 valence electrons. The monoisotopic (exact) mass is 310 g/mol. The van der Waals surface area contributed by atoms with Gasteiger partial charge in [0.05, 0.1) is 0 Å². The lowest BCUT2D eigenvalue weighted by Crippen LogP contribution is -1.82. The molecule has 2 heteroatoms. The van der Waals surface area contributed by atoms with Crippen LogP contribution < -0.4 is 0 Å². The van der Waals surface area contributed by atoms with Crippen LogP contribution in [0.2, 0.25) is 10.0 Å². The number of hydrogen-bond acceptors (Lipinski definition) is 0. The summed E-state index contributed by atoms with van der Waals surface area (Å²) in [7, 11) is 0. The van der Waals surface area contributed by atoms with Gasteiger partial charge in [-0.2, -0.15) is 0 Å². The molecule has 0 heterocycles. The zero-order valence-electron chi connectivity index (χ0n) is 12.7. The summed E-state index contributed by atoms with van der Waals surface area (Å²) < 4.78 is 0. The maximum atomic E-state index is 6.21. The molecule has 0 aliphatic heterocycles. The number of hydrogen-bond donors (Lipinski definition) is 0. The second-order valence-electron chi connectivity index (χ2n) is 5.28. The van der Waals surface area contributed by atoms with Gasteiger partial charge in [-0.05, 0) is 57.2 Å². The fourth-order valence-electron chi connectivity index (χ4n) is 2.06. The van der Waals surface area contributed by atoms with Crippen molar-refractivity contribution < 1.29 is 0 Å². The van der Waals surface area contributed by atoms with Crippen LogP contribution in [-0.2, 0) is 0 Å². The average Bonchev–Trinajstić information content (AvgIpc) is 2.38. The minimum Gasteiger partial charge on any atom is -0.0856 e. The van der Waals surface area contributed by atoms with Gasteiger partial charge in [0.2, 0.25) is 0 Å². The normalized spacial score (nSPS) is 12.3. The van der Waals surface area contributed by atoms with E-state index in [1.165, 1.54) is 31.3 Å². The summed E-state index contributed by atoms with van der Waals surface area (Å²) in [5.41, 5.74) is 3.51. The Morgan fingerprint density at radius 3 is 2.40 bits per heavy atom. The van der Waals surface area contributed by atoms with Gasteiger partial charge in [0, 0.05) is 15.6 Å². The van der Waals surface area contributed by atoms with Gasteiger partial charge in [-0.1, -0.05) is 60.3 Å². The Kier molecular flexibility index (Phi) is 8.02. The van der Waals surface area contributed by atoms with Crippen molar-refractivity contribution in [3.63, 3.8) is 0 Å². The summed E-state index contributed by atoms with van der Waals surface area (Å²) in [5, 5.41) is 1.45. The van der Waals surface area contributed by atoms with Crippen molar-refractivity contribution in [3.05, 3.63) is 51.0 Å². The molecule has 20 heavy (non-hydrogen) atoms. The molecule has 0 aliphatic carbocycles. The molecule has 0 aliphatic rings. The summed E-state index contributed by atoms with van der Waals surface area (Å²) in [6.07, 6.45) is 12.3. The first-order valence-electron chi connectivity index (χ1n) is 7.32. The number of aryl methyl sites for hydroxylation is 1. The lowest BCUT2D eigenvalue weighted by Gasteiger charge is -2.04. The van der Waals surface area contributed by atoms with Crippen molar-refractivity contribution in [2.45, 2.75) is 52.9 Å². The van der Waals surface area contributed by atoms with E-state index in [9.17, 15) is 0 Å².